The molecule has 0 bridgehead atoms. The molecule has 17 heavy (non-hydrogen) atoms. The Morgan fingerprint density at radius 3 is 2.76 bits per heavy atom. The van der Waals surface area contributed by atoms with Gasteiger partial charge in [0.15, 0.2) is 0 Å². The predicted octanol–water partition coefficient (Wildman–Crippen LogP) is 2.32. The molecule has 1 aliphatic heterocycles. The zero-order chi connectivity index (χ0) is 12.5. The number of carbonyl (C=O) groups excluding carboxylic acids is 1. The lowest BCUT2D eigenvalue weighted by molar-refractivity contribution is -0.124. The van der Waals surface area contributed by atoms with Gasteiger partial charge < -0.3 is 10.6 Å². The molecule has 1 saturated heterocycles. The van der Waals surface area contributed by atoms with Gasteiger partial charge in [0.2, 0.25) is 5.91 Å². The summed E-state index contributed by atoms with van der Waals surface area (Å²) < 4.78 is 0. The fourth-order valence-electron chi connectivity index (χ4n) is 2.52. The van der Waals surface area contributed by atoms with Crippen LogP contribution in [0.25, 0.3) is 0 Å². The van der Waals surface area contributed by atoms with Crippen molar-refractivity contribution >= 4 is 5.91 Å². The van der Waals surface area contributed by atoms with Gasteiger partial charge in [-0.15, -0.1) is 0 Å². The van der Waals surface area contributed by atoms with Gasteiger partial charge in [0.1, 0.15) is 0 Å². The van der Waals surface area contributed by atoms with Crippen molar-refractivity contribution < 1.29 is 4.79 Å². The van der Waals surface area contributed by atoms with Crippen LogP contribution in [0.3, 0.4) is 0 Å². The lowest BCUT2D eigenvalue weighted by Gasteiger charge is -2.18. The highest BCUT2D eigenvalue weighted by molar-refractivity contribution is 5.79. The monoisotopic (exact) mass is 240 g/mol. The summed E-state index contributed by atoms with van der Waals surface area (Å²) in [5.41, 5.74) is 0. The Labute approximate surface area is 106 Å². The van der Waals surface area contributed by atoms with Gasteiger partial charge in [0.05, 0.1) is 5.92 Å². The molecule has 3 nitrogen and oxygen atoms in total. The van der Waals surface area contributed by atoms with Crippen LogP contribution in [-0.4, -0.2) is 25.5 Å². The highest BCUT2D eigenvalue weighted by atomic mass is 16.1. The lowest BCUT2D eigenvalue weighted by Crippen LogP contribution is -2.35. The summed E-state index contributed by atoms with van der Waals surface area (Å²) in [7, 11) is 0. The molecule has 1 amide bonds. The Kier molecular flexibility index (Phi) is 7.25. The summed E-state index contributed by atoms with van der Waals surface area (Å²) >= 11 is 0. The summed E-state index contributed by atoms with van der Waals surface area (Å²) in [5.74, 6) is 1.15. The summed E-state index contributed by atoms with van der Waals surface area (Å²) in [5, 5.41) is 6.38. The molecule has 100 valence electrons. The first-order valence-electron chi connectivity index (χ1n) is 7.26. The average Bonchev–Trinajstić information content (AvgIpc) is 2.86. The quantitative estimate of drug-likeness (QED) is 0.683. The van der Waals surface area contributed by atoms with Crippen LogP contribution in [0.4, 0.5) is 0 Å². The fourth-order valence-corrected chi connectivity index (χ4v) is 2.52. The van der Waals surface area contributed by atoms with Crippen molar-refractivity contribution in [2.75, 3.05) is 19.6 Å². The molecule has 2 unspecified atom stereocenters. The molecule has 0 aliphatic carbocycles. The summed E-state index contributed by atoms with van der Waals surface area (Å²) in [6.07, 6.45) is 7.25. The Bertz CT molecular complexity index is 212. The maximum atomic E-state index is 11.9. The lowest BCUT2D eigenvalue weighted by atomic mass is 9.96. The first kappa shape index (κ1) is 14.5. The van der Waals surface area contributed by atoms with Gasteiger partial charge in [-0.05, 0) is 31.7 Å². The molecule has 0 aromatic heterocycles. The second-order valence-electron chi connectivity index (χ2n) is 5.23. The van der Waals surface area contributed by atoms with E-state index in [-0.39, 0.29) is 11.8 Å². The van der Waals surface area contributed by atoms with Crippen LogP contribution in [-0.2, 0) is 4.79 Å². The molecule has 1 heterocycles. The second kappa shape index (κ2) is 8.51. The van der Waals surface area contributed by atoms with E-state index in [4.69, 9.17) is 0 Å². The maximum absolute atomic E-state index is 11.9. The van der Waals surface area contributed by atoms with Gasteiger partial charge in [-0.2, -0.15) is 0 Å². The fraction of sp³-hybridized carbons (Fsp3) is 0.929. The van der Waals surface area contributed by atoms with Crippen LogP contribution in [0.2, 0.25) is 0 Å². The van der Waals surface area contributed by atoms with Gasteiger partial charge in [-0.25, -0.2) is 0 Å². The summed E-state index contributed by atoms with van der Waals surface area (Å²) in [4.78, 5) is 11.9. The molecule has 1 fully saturated rings. The summed E-state index contributed by atoms with van der Waals surface area (Å²) in [6, 6.07) is 0. The molecule has 0 aromatic carbocycles. The molecule has 0 aromatic rings. The van der Waals surface area contributed by atoms with Crippen LogP contribution in [0, 0.1) is 11.8 Å². The van der Waals surface area contributed by atoms with Crippen molar-refractivity contribution in [1.29, 1.82) is 0 Å². The van der Waals surface area contributed by atoms with Crippen LogP contribution >= 0.6 is 0 Å². The Morgan fingerprint density at radius 1 is 1.35 bits per heavy atom. The van der Waals surface area contributed by atoms with Gasteiger partial charge >= 0.3 is 0 Å². The molecule has 1 aliphatic rings. The van der Waals surface area contributed by atoms with E-state index in [1.54, 1.807) is 0 Å². The van der Waals surface area contributed by atoms with Crippen molar-refractivity contribution in [2.24, 2.45) is 11.8 Å². The normalized spacial score (nSPS) is 21.4. The Balaban J connectivity index is 2.21. The predicted molar refractivity (Wildman–Crippen MR) is 71.9 cm³/mol. The SMILES string of the molecule is CCCCC(CCC)CNC(=O)C1CCNC1. The molecule has 0 saturated carbocycles. The second-order valence-corrected chi connectivity index (χ2v) is 5.23. The van der Waals surface area contributed by atoms with Crippen molar-refractivity contribution in [3.8, 4) is 0 Å². The van der Waals surface area contributed by atoms with Gasteiger partial charge in [0, 0.05) is 13.1 Å². The molecule has 0 spiro atoms. The van der Waals surface area contributed by atoms with Crippen molar-refractivity contribution in [2.45, 2.75) is 52.4 Å². The van der Waals surface area contributed by atoms with E-state index in [0.717, 1.165) is 26.1 Å². The van der Waals surface area contributed by atoms with E-state index in [1.165, 1.54) is 32.1 Å². The number of hydrogen-bond donors (Lipinski definition) is 2. The van der Waals surface area contributed by atoms with Crippen LogP contribution < -0.4 is 10.6 Å². The van der Waals surface area contributed by atoms with E-state index in [0.29, 0.717) is 5.92 Å². The third kappa shape index (κ3) is 5.53. The van der Waals surface area contributed by atoms with Crippen LogP contribution in [0.5, 0.6) is 0 Å². The Morgan fingerprint density at radius 2 is 2.18 bits per heavy atom. The summed E-state index contributed by atoms with van der Waals surface area (Å²) in [6.45, 7) is 7.18. The van der Waals surface area contributed by atoms with E-state index in [1.807, 2.05) is 0 Å². The van der Waals surface area contributed by atoms with Crippen LogP contribution in [0.1, 0.15) is 52.4 Å². The molecular formula is C14H28N2O. The standard InChI is InChI=1S/C14H28N2O/c1-3-5-7-12(6-4-2)10-16-14(17)13-8-9-15-11-13/h12-13,15H,3-11H2,1-2H3,(H,16,17). The highest BCUT2D eigenvalue weighted by Gasteiger charge is 2.22. The number of unbranched alkanes of at least 4 members (excludes halogenated alkanes) is 1. The first-order valence-corrected chi connectivity index (χ1v) is 7.26. The van der Waals surface area contributed by atoms with Gasteiger partial charge in [0.25, 0.3) is 0 Å². The Hall–Kier alpha value is -0.570. The zero-order valence-corrected chi connectivity index (χ0v) is 11.4. The topological polar surface area (TPSA) is 41.1 Å². The molecule has 1 rings (SSSR count). The van der Waals surface area contributed by atoms with E-state index in [2.05, 4.69) is 24.5 Å². The molecule has 0 radical (unpaired) electrons. The molecule has 3 heteroatoms. The zero-order valence-electron chi connectivity index (χ0n) is 11.4. The van der Waals surface area contributed by atoms with E-state index < -0.39 is 0 Å². The van der Waals surface area contributed by atoms with E-state index in [9.17, 15) is 4.79 Å². The third-order valence-electron chi connectivity index (χ3n) is 3.66. The number of hydrogen-bond acceptors (Lipinski definition) is 2. The first-order chi connectivity index (χ1) is 8.27. The maximum Gasteiger partial charge on any atom is 0.224 e. The minimum absolute atomic E-state index is 0.212. The van der Waals surface area contributed by atoms with Crippen molar-refractivity contribution in [3.63, 3.8) is 0 Å². The average molecular weight is 240 g/mol. The largest absolute Gasteiger partial charge is 0.356 e. The van der Waals surface area contributed by atoms with Crippen molar-refractivity contribution in [3.05, 3.63) is 0 Å². The van der Waals surface area contributed by atoms with Gasteiger partial charge in [-0.3, -0.25) is 4.79 Å². The van der Waals surface area contributed by atoms with Gasteiger partial charge in [-0.1, -0.05) is 33.1 Å². The number of nitrogens with one attached hydrogen (secondary N) is 2. The minimum atomic E-state index is 0.212. The third-order valence-corrected chi connectivity index (χ3v) is 3.66. The molecular weight excluding hydrogens is 212 g/mol. The van der Waals surface area contributed by atoms with Crippen molar-refractivity contribution in [1.82, 2.24) is 10.6 Å². The number of amides is 1. The number of rotatable bonds is 8. The van der Waals surface area contributed by atoms with E-state index >= 15 is 0 Å². The minimum Gasteiger partial charge on any atom is -0.356 e. The number of carbonyl (C=O) groups is 1. The molecule has 2 atom stereocenters. The smallest absolute Gasteiger partial charge is 0.224 e. The highest BCUT2D eigenvalue weighted by Crippen LogP contribution is 2.14. The van der Waals surface area contributed by atoms with Crippen LogP contribution in [0.15, 0.2) is 0 Å². The molecule has 2 N–H and O–H groups in total.